The maximum absolute atomic E-state index is 13.7. The molecule has 0 spiro atoms. The van der Waals surface area contributed by atoms with Gasteiger partial charge in [0.15, 0.2) is 0 Å². The molecule has 0 unspecified atom stereocenters. The van der Waals surface area contributed by atoms with E-state index in [1.54, 1.807) is 12.1 Å². The number of nitrogens with zero attached hydrogens (tertiary/aromatic N) is 3. The van der Waals surface area contributed by atoms with E-state index in [2.05, 4.69) is 16.3 Å². The number of carbonyl (C=O) groups excluding carboxylic acids is 1. The average Bonchev–Trinajstić information content (AvgIpc) is 2.82. The zero-order chi connectivity index (χ0) is 26.1. The zero-order valence-corrected chi connectivity index (χ0v) is 22.2. The molecule has 1 atom stereocenters. The SMILES string of the molecule is CC(C)NC(=O)Cn1c(-c2cccc(Cl)c2)nc2ccc([C@H]3C[C@@H](CN4CCC[C@H](O)C4)C3)cc2c1=O. The van der Waals surface area contributed by atoms with Gasteiger partial charge in [-0.15, -0.1) is 0 Å². The second-order valence-electron chi connectivity index (χ2n) is 10.9. The first-order valence-electron chi connectivity index (χ1n) is 13.3. The lowest BCUT2D eigenvalue weighted by Crippen LogP contribution is -2.43. The van der Waals surface area contributed by atoms with E-state index in [0.29, 0.717) is 39.1 Å². The minimum Gasteiger partial charge on any atom is -0.392 e. The zero-order valence-electron chi connectivity index (χ0n) is 21.5. The largest absolute Gasteiger partial charge is 0.392 e. The van der Waals surface area contributed by atoms with Crippen molar-refractivity contribution in [3.63, 3.8) is 0 Å². The monoisotopic (exact) mass is 522 g/mol. The summed E-state index contributed by atoms with van der Waals surface area (Å²) in [5, 5.41) is 13.9. The summed E-state index contributed by atoms with van der Waals surface area (Å²) in [5.74, 6) is 1.22. The van der Waals surface area contributed by atoms with E-state index < -0.39 is 0 Å². The highest BCUT2D eigenvalue weighted by atomic mass is 35.5. The molecule has 1 saturated heterocycles. The van der Waals surface area contributed by atoms with Crippen molar-refractivity contribution in [1.29, 1.82) is 0 Å². The van der Waals surface area contributed by atoms with Gasteiger partial charge in [-0.3, -0.25) is 14.2 Å². The van der Waals surface area contributed by atoms with E-state index in [0.717, 1.165) is 50.9 Å². The van der Waals surface area contributed by atoms with E-state index in [1.807, 2.05) is 38.1 Å². The number of aromatic nitrogens is 2. The Bertz CT molecular complexity index is 1350. The lowest BCUT2D eigenvalue weighted by Gasteiger charge is -2.40. The van der Waals surface area contributed by atoms with Crippen molar-refractivity contribution in [2.24, 2.45) is 5.92 Å². The Hall–Kier alpha value is -2.74. The van der Waals surface area contributed by atoms with Crippen molar-refractivity contribution < 1.29 is 9.90 Å². The summed E-state index contributed by atoms with van der Waals surface area (Å²) in [6.45, 7) is 6.55. The van der Waals surface area contributed by atoms with Crippen LogP contribution >= 0.6 is 11.6 Å². The third kappa shape index (κ3) is 5.89. The van der Waals surface area contributed by atoms with Crippen LogP contribution in [0.5, 0.6) is 0 Å². The van der Waals surface area contributed by atoms with E-state index >= 15 is 0 Å². The molecule has 0 radical (unpaired) electrons. The first kappa shape index (κ1) is 25.9. The molecule has 5 rings (SSSR count). The minimum atomic E-state index is -0.234. The van der Waals surface area contributed by atoms with Gasteiger partial charge in [-0.25, -0.2) is 4.98 Å². The Balaban J connectivity index is 1.42. The van der Waals surface area contributed by atoms with E-state index in [9.17, 15) is 14.7 Å². The van der Waals surface area contributed by atoms with Gasteiger partial charge in [-0.05, 0) is 87.7 Å². The standard InChI is InChI=1S/C29H35ClN4O3/c1-18(2)31-27(36)17-34-28(21-5-3-6-23(30)13-21)32-26-9-8-20(14-25(26)29(34)37)22-11-19(12-22)15-33-10-4-7-24(35)16-33/h3,5-6,8-9,13-14,18-19,22,24,35H,4,7,10-12,15-17H2,1-2H3,(H,31,36)/t19-,22+,24-/m0/s1. The van der Waals surface area contributed by atoms with Crippen LogP contribution < -0.4 is 10.9 Å². The van der Waals surface area contributed by atoms with Crippen LogP contribution in [0.15, 0.2) is 47.3 Å². The molecule has 37 heavy (non-hydrogen) atoms. The quantitative estimate of drug-likeness (QED) is 0.486. The summed E-state index contributed by atoms with van der Waals surface area (Å²) >= 11 is 6.23. The fourth-order valence-corrected chi connectivity index (χ4v) is 5.91. The van der Waals surface area contributed by atoms with Crippen molar-refractivity contribution in [2.75, 3.05) is 19.6 Å². The van der Waals surface area contributed by atoms with Gasteiger partial charge >= 0.3 is 0 Å². The van der Waals surface area contributed by atoms with Gasteiger partial charge < -0.3 is 15.3 Å². The number of piperidine rings is 1. The van der Waals surface area contributed by atoms with Gasteiger partial charge in [0, 0.05) is 29.7 Å². The maximum Gasteiger partial charge on any atom is 0.262 e. The fourth-order valence-electron chi connectivity index (χ4n) is 5.72. The second-order valence-corrected chi connectivity index (χ2v) is 11.4. The molecule has 1 amide bonds. The molecule has 7 nitrogen and oxygen atoms in total. The van der Waals surface area contributed by atoms with Gasteiger partial charge in [0.1, 0.15) is 12.4 Å². The Kier molecular flexibility index (Phi) is 7.65. The number of halogens is 1. The number of hydrogen-bond acceptors (Lipinski definition) is 5. The summed E-state index contributed by atoms with van der Waals surface area (Å²) in [7, 11) is 0. The molecule has 2 aromatic carbocycles. The fraction of sp³-hybridized carbons (Fsp3) is 0.483. The van der Waals surface area contributed by atoms with Gasteiger partial charge in [-0.1, -0.05) is 29.8 Å². The molecule has 1 aliphatic heterocycles. The predicted molar refractivity (Wildman–Crippen MR) is 147 cm³/mol. The van der Waals surface area contributed by atoms with E-state index in [1.165, 1.54) is 4.57 Å². The summed E-state index contributed by atoms with van der Waals surface area (Å²) in [4.78, 5) is 33.6. The molecule has 8 heteroatoms. The highest BCUT2D eigenvalue weighted by molar-refractivity contribution is 6.30. The average molecular weight is 523 g/mol. The number of amides is 1. The Labute approximate surface area is 222 Å². The summed E-state index contributed by atoms with van der Waals surface area (Å²) in [6, 6.07) is 13.1. The molecule has 196 valence electrons. The molecular formula is C29H35ClN4O3. The predicted octanol–water partition coefficient (Wildman–Crippen LogP) is 4.19. The molecule has 2 fully saturated rings. The van der Waals surface area contributed by atoms with E-state index in [-0.39, 0.29) is 30.2 Å². The van der Waals surface area contributed by atoms with Crippen LogP contribution in [0.4, 0.5) is 0 Å². The number of aliphatic hydroxyl groups is 1. The normalized spacial score (nSPS) is 22.2. The number of aliphatic hydroxyl groups excluding tert-OH is 1. The number of carbonyl (C=O) groups is 1. The first-order chi connectivity index (χ1) is 17.8. The van der Waals surface area contributed by atoms with Gasteiger partial charge in [-0.2, -0.15) is 0 Å². The topological polar surface area (TPSA) is 87.5 Å². The van der Waals surface area contributed by atoms with Crippen molar-refractivity contribution in [2.45, 2.75) is 64.1 Å². The maximum atomic E-state index is 13.7. The Morgan fingerprint density at radius 2 is 2.03 bits per heavy atom. The molecule has 2 N–H and O–H groups in total. The number of fused-ring (bicyclic) bond motifs is 1. The molecular weight excluding hydrogens is 488 g/mol. The number of nitrogens with one attached hydrogen (secondary N) is 1. The van der Waals surface area contributed by atoms with Crippen LogP contribution in [-0.2, 0) is 11.3 Å². The summed E-state index contributed by atoms with van der Waals surface area (Å²) in [6.07, 6.45) is 3.94. The molecule has 3 aromatic rings. The van der Waals surface area contributed by atoms with Crippen LogP contribution in [0.25, 0.3) is 22.3 Å². The summed E-state index contributed by atoms with van der Waals surface area (Å²) in [5.41, 5.74) is 2.23. The van der Waals surface area contributed by atoms with Gasteiger partial charge in [0.25, 0.3) is 5.56 Å². The van der Waals surface area contributed by atoms with Crippen LogP contribution in [0, 0.1) is 5.92 Å². The number of hydrogen-bond donors (Lipinski definition) is 2. The number of benzene rings is 2. The van der Waals surface area contributed by atoms with Crippen LogP contribution in [0.2, 0.25) is 5.02 Å². The molecule has 0 bridgehead atoms. The van der Waals surface area contributed by atoms with Crippen molar-refractivity contribution in [3.05, 3.63) is 63.4 Å². The molecule has 1 saturated carbocycles. The third-order valence-electron chi connectivity index (χ3n) is 7.52. The highest BCUT2D eigenvalue weighted by Crippen LogP contribution is 2.42. The summed E-state index contributed by atoms with van der Waals surface area (Å²) < 4.78 is 1.46. The van der Waals surface area contributed by atoms with Crippen molar-refractivity contribution in [3.8, 4) is 11.4 Å². The van der Waals surface area contributed by atoms with Crippen LogP contribution in [-0.4, -0.2) is 57.2 Å². The molecule has 2 aliphatic rings. The lowest BCUT2D eigenvalue weighted by atomic mass is 9.71. The van der Waals surface area contributed by atoms with Crippen molar-refractivity contribution in [1.82, 2.24) is 19.8 Å². The lowest BCUT2D eigenvalue weighted by molar-refractivity contribution is -0.122. The van der Waals surface area contributed by atoms with Crippen molar-refractivity contribution >= 4 is 28.4 Å². The molecule has 1 aromatic heterocycles. The van der Waals surface area contributed by atoms with Gasteiger partial charge in [0.05, 0.1) is 17.0 Å². The Morgan fingerprint density at radius 3 is 2.76 bits per heavy atom. The van der Waals surface area contributed by atoms with Crippen LogP contribution in [0.1, 0.15) is 51.0 Å². The molecule has 1 aliphatic carbocycles. The Morgan fingerprint density at radius 1 is 1.22 bits per heavy atom. The minimum absolute atomic E-state index is 0.0300. The first-order valence-corrected chi connectivity index (χ1v) is 13.6. The smallest absolute Gasteiger partial charge is 0.262 e. The number of rotatable bonds is 7. The third-order valence-corrected chi connectivity index (χ3v) is 7.75. The van der Waals surface area contributed by atoms with Crippen LogP contribution in [0.3, 0.4) is 0 Å². The second kappa shape index (κ2) is 10.9. The number of likely N-dealkylation sites (tertiary alicyclic amines) is 1. The number of β-amino-alcohol motifs (C(OH)–C–C–N with tert-alkyl or cyclic N) is 1. The van der Waals surface area contributed by atoms with E-state index in [4.69, 9.17) is 16.6 Å². The van der Waals surface area contributed by atoms with Gasteiger partial charge in [0.2, 0.25) is 5.91 Å². The molecule has 2 heterocycles. The highest BCUT2D eigenvalue weighted by Gasteiger charge is 2.33.